The molecule has 0 bridgehead atoms. The predicted octanol–water partition coefficient (Wildman–Crippen LogP) is 5.01. The molecule has 0 radical (unpaired) electrons. The van der Waals surface area contributed by atoms with Gasteiger partial charge in [0.25, 0.3) is 5.91 Å². The smallest absolute Gasteiger partial charge is 0.255 e. The van der Waals surface area contributed by atoms with Crippen molar-refractivity contribution in [3.8, 4) is 0 Å². The maximum absolute atomic E-state index is 12.4. The monoisotopic (exact) mass is 387 g/mol. The molecule has 104 valence electrons. The average molecular weight is 387 g/mol. The van der Waals surface area contributed by atoms with Gasteiger partial charge in [-0.05, 0) is 76.2 Å². The van der Waals surface area contributed by atoms with Crippen LogP contribution in [0.25, 0.3) is 10.8 Å². The summed E-state index contributed by atoms with van der Waals surface area (Å²) in [6.07, 6.45) is 0. The molecule has 3 aromatic rings. The second-order valence-corrected chi connectivity index (χ2v) is 6.22. The fraction of sp³-hybridized carbons (Fsp3) is 0.0556. The van der Waals surface area contributed by atoms with Crippen molar-refractivity contribution in [2.75, 3.05) is 5.32 Å². The van der Waals surface area contributed by atoms with Crippen molar-refractivity contribution in [1.82, 2.24) is 0 Å². The van der Waals surface area contributed by atoms with Crippen molar-refractivity contribution in [3.05, 3.63) is 75.4 Å². The lowest BCUT2D eigenvalue weighted by atomic mass is 10.1. The van der Waals surface area contributed by atoms with E-state index in [0.29, 0.717) is 5.56 Å². The van der Waals surface area contributed by atoms with Gasteiger partial charge in [-0.1, -0.05) is 30.3 Å². The highest BCUT2D eigenvalue weighted by molar-refractivity contribution is 14.1. The van der Waals surface area contributed by atoms with Gasteiger partial charge >= 0.3 is 0 Å². The third-order valence-corrected chi connectivity index (χ3v) is 4.12. The largest absolute Gasteiger partial charge is 0.322 e. The highest BCUT2D eigenvalue weighted by atomic mass is 127. The number of carbonyl (C=O) groups is 1. The second-order valence-electron chi connectivity index (χ2n) is 4.98. The van der Waals surface area contributed by atoms with E-state index < -0.39 is 0 Å². The van der Waals surface area contributed by atoms with Crippen LogP contribution in [-0.4, -0.2) is 5.91 Å². The van der Waals surface area contributed by atoms with Crippen LogP contribution in [0, 0.1) is 10.5 Å². The summed E-state index contributed by atoms with van der Waals surface area (Å²) >= 11 is 2.26. The van der Waals surface area contributed by atoms with E-state index in [1.54, 1.807) is 0 Å². The summed E-state index contributed by atoms with van der Waals surface area (Å²) in [4.78, 5) is 12.4. The van der Waals surface area contributed by atoms with Crippen LogP contribution in [0.3, 0.4) is 0 Å². The Bertz CT molecular complexity index is 826. The minimum absolute atomic E-state index is 0.0786. The molecular formula is C18H14INO. The minimum atomic E-state index is -0.0786. The number of hydrogen-bond donors (Lipinski definition) is 1. The molecule has 0 fully saturated rings. The Balaban J connectivity index is 1.89. The number of fused-ring (bicyclic) bond motifs is 1. The van der Waals surface area contributed by atoms with Crippen LogP contribution in [0.5, 0.6) is 0 Å². The lowest BCUT2D eigenvalue weighted by Crippen LogP contribution is -2.12. The van der Waals surface area contributed by atoms with E-state index >= 15 is 0 Å². The number of nitrogens with one attached hydrogen (secondary N) is 1. The van der Waals surface area contributed by atoms with Gasteiger partial charge < -0.3 is 5.32 Å². The number of amides is 1. The fourth-order valence-electron chi connectivity index (χ4n) is 2.29. The number of hydrogen-bond acceptors (Lipinski definition) is 1. The zero-order valence-electron chi connectivity index (χ0n) is 11.6. The molecule has 2 nitrogen and oxygen atoms in total. The van der Waals surface area contributed by atoms with E-state index in [-0.39, 0.29) is 5.91 Å². The van der Waals surface area contributed by atoms with Crippen LogP contribution in [0.15, 0.2) is 60.7 Å². The summed E-state index contributed by atoms with van der Waals surface area (Å²) in [5, 5.41) is 5.19. The first-order chi connectivity index (χ1) is 10.1. The minimum Gasteiger partial charge on any atom is -0.322 e. The Kier molecular flexibility index (Phi) is 3.92. The van der Waals surface area contributed by atoms with Crippen LogP contribution in [0.2, 0.25) is 0 Å². The molecule has 0 aromatic heterocycles. The molecule has 3 aromatic carbocycles. The average Bonchev–Trinajstić information content (AvgIpc) is 2.49. The Morgan fingerprint density at radius 2 is 1.71 bits per heavy atom. The standard InChI is InChI=1S/C18H14INO/c1-12-10-16(19)8-9-17(12)20-18(21)15-7-6-13-4-2-3-5-14(13)11-15/h2-11H,1H3,(H,20,21). The van der Waals surface area contributed by atoms with Gasteiger partial charge in [0.2, 0.25) is 0 Å². The number of rotatable bonds is 2. The molecule has 0 atom stereocenters. The topological polar surface area (TPSA) is 29.1 Å². The first kappa shape index (κ1) is 14.1. The molecule has 0 unspecified atom stereocenters. The number of halogens is 1. The summed E-state index contributed by atoms with van der Waals surface area (Å²) in [6, 6.07) is 19.8. The SMILES string of the molecule is Cc1cc(I)ccc1NC(=O)c1ccc2ccccc2c1. The number of anilines is 1. The molecular weight excluding hydrogens is 373 g/mol. The molecule has 1 amide bonds. The highest BCUT2D eigenvalue weighted by Crippen LogP contribution is 2.20. The summed E-state index contributed by atoms with van der Waals surface area (Å²) in [5.74, 6) is -0.0786. The van der Waals surface area contributed by atoms with Crippen LogP contribution in [0.1, 0.15) is 15.9 Å². The van der Waals surface area contributed by atoms with Gasteiger partial charge in [-0.25, -0.2) is 0 Å². The van der Waals surface area contributed by atoms with Crippen molar-refractivity contribution in [1.29, 1.82) is 0 Å². The van der Waals surface area contributed by atoms with Crippen molar-refractivity contribution in [3.63, 3.8) is 0 Å². The molecule has 0 saturated carbocycles. The third-order valence-electron chi connectivity index (χ3n) is 3.45. The van der Waals surface area contributed by atoms with Crippen molar-refractivity contribution in [2.45, 2.75) is 6.92 Å². The van der Waals surface area contributed by atoms with Crippen LogP contribution < -0.4 is 5.32 Å². The molecule has 0 aliphatic carbocycles. The van der Waals surface area contributed by atoms with Crippen molar-refractivity contribution >= 4 is 45.0 Å². The lowest BCUT2D eigenvalue weighted by molar-refractivity contribution is 0.102. The Hall–Kier alpha value is -1.88. The quantitative estimate of drug-likeness (QED) is 0.616. The molecule has 1 N–H and O–H groups in total. The van der Waals surface area contributed by atoms with Gasteiger partial charge in [0.05, 0.1) is 0 Å². The molecule has 3 heteroatoms. The summed E-state index contributed by atoms with van der Waals surface area (Å²) < 4.78 is 1.16. The van der Waals surface area contributed by atoms with Gasteiger partial charge in [-0.2, -0.15) is 0 Å². The van der Waals surface area contributed by atoms with E-state index in [9.17, 15) is 4.79 Å². The van der Waals surface area contributed by atoms with Crippen LogP contribution >= 0.6 is 22.6 Å². The molecule has 0 aliphatic rings. The Morgan fingerprint density at radius 3 is 2.48 bits per heavy atom. The summed E-state index contributed by atoms with van der Waals surface area (Å²) in [7, 11) is 0. The second kappa shape index (κ2) is 5.85. The Morgan fingerprint density at radius 1 is 0.952 bits per heavy atom. The van der Waals surface area contributed by atoms with Crippen LogP contribution in [-0.2, 0) is 0 Å². The zero-order chi connectivity index (χ0) is 14.8. The van der Waals surface area contributed by atoms with E-state index in [1.807, 2.05) is 61.5 Å². The molecule has 21 heavy (non-hydrogen) atoms. The normalized spacial score (nSPS) is 10.6. The van der Waals surface area contributed by atoms with Crippen molar-refractivity contribution < 1.29 is 4.79 Å². The molecule has 0 saturated heterocycles. The number of benzene rings is 3. The van der Waals surface area contributed by atoms with Gasteiger partial charge in [0.15, 0.2) is 0 Å². The molecule has 0 spiro atoms. The third kappa shape index (κ3) is 3.08. The lowest BCUT2D eigenvalue weighted by Gasteiger charge is -2.09. The van der Waals surface area contributed by atoms with E-state index in [1.165, 1.54) is 0 Å². The number of carbonyl (C=O) groups excluding carboxylic acids is 1. The van der Waals surface area contributed by atoms with Crippen molar-refractivity contribution in [2.24, 2.45) is 0 Å². The fourth-order valence-corrected chi connectivity index (χ4v) is 2.94. The maximum Gasteiger partial charge on any atom is 0.255 e. The zero-order valence-corrected chi connectivity index (χ0v) is 13.7. The van der Waals surface area contributed by atoms with Crippen LogP contribution in [0.4, 0.5) is 5.69 Å². The van der Waals surface area contributed by atoms with E-state index in [0.717, 1.165) is 25.6 Å². The first-order valence-electron chi connectivity index (χ1n) is 6.70. The van der Waals surface area contributed by atoms with Gasteiger partial charge in [0.1, 0.15) is 0 Å². The van der Waals surface area contributed by atoms with Gasteiger partial charge in [-0.3, -0.25) is 4.79 Å². The van der Waals surface area contributed by atoms with Gasteiger partial charge in [-0.15, -0.1) is 0 Å². The molecule has 0 heterocycles. The summed E-state index contributed by atoms with van der Waals surface area (Å²) in [5.41, 5.74) is 2.59. The predicted molar refractivity (Wildman–Crippen MR) is 95.8 cm³/mol. The highest BCUT2D eigenvalue weighted by Gasteiger charge is 2.08. The van der Waals surface area contributed by atoms with E-state index in [2.05, 4.69) is 34.0 Å². The summed E-state index contributed by atoms with van der Waals surface area (Å²) in [6.45, 7) is 2.00. The molecule has 0 aliphatic heterocycles. The number of aryl methyl sites for hydroxylation is 1. The maximum atomic E-state index is 12.4. The van der Waals surface area contributed by atoms with Gasteiger partial charge in [0, 0.05) is 14.8 Å². The van der Waals surface area contributed by atoms with E-state index in [4.69, 9.17) is 0 Å². The first-order valence-corrected chi connectivity index (χ1v) is 7.78. The molecule has 3 rings (SSSR count). The Labute approximate surface area is 137 Å².